The Bertz CT molecular complexity index is 1440. The second-order valence-corrected chi connectivity index (χ2v) is 10.3. The number of aliphatic hydroxyl groups excluding tert-OH is 1. The first kappa shape index (κ1) is 30.1. The summed E-state index contributed by atoms with van der Waals surface area (Å²) in [5.74, 6) is -0.482. The number of amides is 1. The molecule has 1 fully saturated rings. The predicted molar refractivity (Wildman–Crippen MR) is 159 cm³/mol. The van der Waals surface area contributed by atoms with Gasteiger partial charge in [-0.2, -0.15) is 0 Å². The largest absolute Gasteiger partial charge is 0.505 e. The Kier molecular flexibility index (Phi) is 9.70. The molecular weight excluding hydrogens is 520 g/mol. The van der Waals surface area contributed by atoms with Crippen molar-refractivity contribution in [2.45, 2.75) is 60.4 Å². The highest BCUT2D eigenvalue weighted by Gasteiger charge is 2.46. The lowest BCUT2D eigenvalue weighted by Crippen LogP contribution is -2.33. The minimum atomic E-state index is -0.795. The number of nitrogens with zero attached hydrogens (tertiary/aromatic N) is 4. The number of carbonyl (C=O) groups excluding carboxylic acids is 2. The van der Waals surface area contributed by atoms with Crippen LogP contribution in [0.4, 0.5) is 0 Å². The van der Waals surface area contributed by atoms with E-state index in [1.165, 1.54) is 0 Å². The van der Waals surface area contributed by atoms with Crippen LogP contribution in [0.15, 0.2) is 42.1 Å². The molecule has 41 heavy (non-hydrogen) atoms. The highest BCUT2D eigenvalue weighted by atomic mass is 16.5. The molecule has 1 N–H and O–H groups in total. The zero-order valence-corrected chi connectivity index (χ0v) is 25.1. The van der Waals surface area contributed by atoms with E-state index in [1.54, 1.807) is 4.90 Å². The van der Waals surface area contributed by atoms with Crippen molar-refractivity contribution < 1.29 is 24.2 Å². The van der Waals surface area contributed by atoms with Crippen molar-refractivity contribution in [2.75, 3.05) is 39.4 Å². The first-order valence-corrected chi connectivity index (χ1v) is 14.6. The second kappa shape index (κ2) is 13.2. The number of fused-ring (bicyclic) bond motifs is 1. The van der Waals surface area contributed by atoms with Crippen molar-refractivity contribution in [3.8, 4) is 11.5 Å². The molecule has 9 nitrogen and oxygen atoms in total. The van der Waals surface area contributed by atoms with Gasteiger partial charge in [0.1, 0.15) is 11.3 Å². The molecule has 3 heterocycles. The van der Waals surface area contributed by atoms with Gasteiger partial charge in [-0.15, -0.1) is 0 Å². The van der Waals surface area contributed by atoms with E-state index in [0.29, 0.717) is 60.3 Å². The van der Waals surface area contributed by atoms with Crippen LogP contribution in [-0.4, -0.2) is 75.4 Å². The van der Waals surface area contributed by atoms with Gasteiger partial charge in [0.05, 0.1) is 30.5 Å². The number of aromatic nitrogens is 2. The average molecular weight is 563 g/mol. The number of aryl methyl sites for hydroxylation is 2. The van der Waals surface area contributed by atoms with Crippen LogP contribution < -0.4 is 9.47 Å². The third-order valence-corrected chi connectivity index (χ3v) is 7.66. The van der Waals surface area contributed by atoms with E-state index in [9.17, 15) is 14.7 Å². The molecule has 220 valence electrons. The van der Waals surface area contributed by atoms with E-state index in [-0.39, 0.29) is 11.3 Å². The van der Waals surface area contributed by atoms with Crippen molar-refractivity contribution in [2.24, 2.45) is 0 Å². The third kappa shape index (κ3) is 5.95. The number of likely N-dealkylation sites (tertiary alicyclic amines) is 1. The molecule has 0 radical (unpaired) electrons. The summed E-state index contributed by atoms with van der Waals surface area (Å²) >= 11 is 0. The Balaban J connectivity index is 1.85. The number of carbonyl (C=O) groups is 2. The van der Waals surface area contributed by atoms with E-state index >= 15 is 0 Å². The summed E-state index contributed by atoms with van der Waals surface area (Å²) in [5.41, 5.74) is 3.30. The first-order chi connectivity index (χ1) is 19.8. The second-order valence-electron chi connectivity index (χ2n) is 10.3. The molecule has 3 aromatic rings. The van der Waals surface area contributed by atoms with Crippen LogP contribution in [0.25, 0.3) is 11.4 Å². The fraction of sp³-hybridized carbons (Fsp3) is 0.469. The van der Waals surface area contributed by atoms with Crippen LogP contribution >= 0.6 is 0 Å². The topological polar surface area (TPSA) is 96.6 Å². The van der Waals surface area contributed by atoms with Gasteiger partial charge in [0.2, 0.25) is 0 Å². The van der Waals surface area contributed by atoms with Crippen molar-refractivity contribution in [1.29, 1.82) is 0 Å². The summed E-state index contributed by atoms with van der Waals surface area (Å²) < 4.78 is 13.7. The van der Waals surface area contributed by atoms with E-state index in [1.807, 2.05) is 68.6 Å². The van der Waals surface area contributed by atoms with Gasteiger partial charge >= 0.3 is 0 Å². The molecule has 9 heteroatoms. The summed E-state index contributed by atoms with van der Waals surface area (Å²) in [4.78, 5) is 35.7. The number of pyridine rings is 1. The van der Waals surface area contributed by atoms with Crippen molar-refractivity contribution in [3.05, 3.63) is 64.6 Å². The number of aliphatic hydroxyl groups is 1. The molecule has 1 unspecified atom stereocenters. The molecule has 4 rings (SSSR count). The van der Waals surface area contributed by atoms with E-state index < -0.39 is 17.7 Å². The molecule has 1 atom stereocenters. The number of imidazole rings is 1. The zero-order chi connectivity index (χ0) is 29.7. The number of hydrogen-bond donors (Lipinski definition) is 1. The Labute approximate surface area is 242 Å². The maximum absolute atomic E-state index is 13.6. The molecule has 0 aliphatic carbocycles. The lowest BCUT2D eigenvalue weighted by molar-refractivity contribution is -0.140. The van der Waals surface area contributed by atoms with Crippen molar-refractivity contribution in [3.63, 3.8) is 0 Å². The summed E-state index contributed by atoms with van der Waals surface area (Å²) in [6.07, 6.45) is 3.40. The molecule has 1 amide bonds. The van der Waals surface area contributed by atoms with Gasteiger partial charge in [0, 0.05) is 12.7 Å². The Morgan fingerprint density at radius 1 is 1.05 bits per heavy atom. The van der Waals surface area contributed by atoms with Crippen LogP contribution in [-0.2, 0) is 9.59 Å². The summed E-state index contributed by atoms with van der Waals surface area (Å²) in [6.45, 7) is 15.8. The zero-order valence-electron chi connectivity index (χ0n) is 25.1. The summed E-state index contributed by atoms with van der Waals surface area (Å²) in [5, 5.41) is 11.7. The summed E-state index contributed by atoms with van der Waals surface area (Å²) in [7, 11) is 0. The normalized spacial score (nSPS) is 16.8. The molecule has 1 saturated heterocycles. The SMILES string of the molecule is CCCOc1ccc(C2C(=C(O)c3nc4c(C)cccn4c3C)C(=O)C(=O)N2CCCN(CC)CC)cc1OCC. The number of hydrogen-bond acceptors (Lipinski definition) is 7. The van der Waals surface area contributed by atoms with Gasteiger partial charge in [0.15, 0.2) is 17.3 Å². The van der Waals surface area contributed by atoms with E-state index in [2.05, 4.69) is 18.7 Å². The van der Waals surface area contributed by atoms with Gasteiger partial charge in [-0.25, -0.2) is 4.98 Å². The maximum atomic E-state index is 13.6. The number of benzene rings is 1. The highest BCUT2D eigenvalue weighted by Crippen LogP contribution is 2.42. The lowest BCUT2D eigenvalue weighted by Gasteiger charge is -2.27. The number of Topliss-reactive ketones (excluding diaryl/α,β-unsaturated/α-hetero) is 1. The van der Waals surface area contributed by atoms with Gasteiger partial charge in [-0.05, 0) is 82.6 Å². The minimum Gasteiger partial charge on any atom is -0.505 e. The minimum absolute atomic E-state index is 0.0340. The Morgan fingerprint density at radius 2 is 1.80 bits per heavy atom. The molecule has 0 saturated carbocycles. The molecule has 2 aromatic heterocycles. The molecule has 0 bridgehead atoms. The smallest absolute Gasteiger partial charge is 0.295 e. The fourth-order valence-corrected chi connectivity index (χ4v) is 5.43. The molecule has 1 aliphatic heterocycles. The maximum Gasteiger partial charge on any atom is 0.295 e. The quantitative estimate of drug-likeness (QED) is 0.172. The van der Waals surface area contributed by atoms with Crippen LogP contribution in [0.2, 0.25) is 0 Å². The fourth-order valence-electron chi connectivity index (χ4n) is 5.43. The van der Waals surface area contributed by atoms with E-state index in [0.717, 1.165) is 31.6 Å². The van der Waals surface area contributed by atoms with Crippen LogP contribution in [0.5, 0.6) is 11.5 Å². The van der Waals surface area contributed by atoms with Gasteiger partial charge in [-0.1, -0.05) is 32.9 Å². The molecule has 1 aromatic carbocycles. The van der Waals surface area contributed by atoms with Crippen LogP contribution in [0, 0.1) is 13.8 Å². The molecular formula is C32H42N4O5. The standard InChI is InChI=1S/C32H42N4O5/c1-7-19-41-24-15-14-23(20-25(24)40-10-4)28-26(30(38)32(39)36(28)18-12-16-34(8-2)9-3)29(37)27-22(6)35-17-11-13-21(5)31(35)33-27/h11,13-15,17,20,28,37H,7-10,12,16,18-19H2,1-6H3. The Hall–Kier alpha value is -3.85. The number of rotatable bonds is 13. The third-order valence-electron chi connectivity index (χ3n) is 7.66. The van der Waals surface area contributed by atoms with Crippen LogP contribution in [0.3, 0.4) is 0 Å². The van der Waals surface area contributed by atoms with Crippen LogP contribution in [0.1, 0.15) is 69.1 Å². The first-order valence-electron chi connectivity index (χ1n) is 14.6. The number of ketones is 1. The monoisotopic (exact) mass is 562 g/mol. The van der Waals surface area contributed by atoms with E-state index in [4.69, 9.17) is 14.5 Å². The lowest BCUT2D eigenvalue weighted by atomic mass is 9.96. The van der Waals surface area contributed by atoms with Crippen molar-refractivity contribution >= 4 is 23.1 Å². The molecule has 0 spiro atoms. The Morgan fingerprint density at radius 3 is 2.46 bits per heavy atom. The van der Waals surface area contributed by atoms with Gasteiger partial charge in [-0.3, -0.25) is 9.59 Å². The number of ether oxygens (including phenoxy) is 2. The predicted octanol–water partition coefficient (Wildman–Crippen LogP) is 5.29. The molecule has 1 aliphatic rings. The average Bonchev–Trinajstić information content (AvgIpc) is 3.44. The van der Waals surface area contributed by atoms with Gasteiger partial charge < -0.3 is 28.8 Å². The highest BCUT2D eigenvalue weighted by molar-refractivity contribution is 6.46. The van der Waals surface area contributed by atoms with Crippen molar-refractivity contribution in [1.82, 2.24) is 19.2 Å². The van der Waals surface area contributed by atoms with Gasteiger partial charge in [0.25, 0.3) is 11.7 Å². The summed E-state index contributed by atoms with van der Waals surface area (Å²) in [6, 6.07) is 8.53.